The monoisotopic (exact) mass is 247 g/mol. The van der Waals surface area contributed by atoms with E-state index < -0.39 is 0 Å². The van der Waals surface area contributed by atoms with Crippen molar-refractivity contribution in [1.29, 1.82) is 5.26 Å². The fourth-order valence-electron chi connectivity index (χ4n) is 1.65. The van der Waals surface area contributed by atoms with Gasteiger partial charge in [-0.3, -0.25) is 4.79 Å². The minimum absolute atomic E-state index is 0.0237. The summed E-state index contributed by atoms with van der Waals surface area (Å²) >= 11 is 0. The van der Waals surface area contributed by atoms with Crippen molar-refractivity contribution in [2.75, 3.05) is 0 Å². The van der Waals surface area contributed by atoms with E-state index in [1.54, 1.807) is 24.3 Å². The summed E-state index contributed by atoms with van der Waals surface area (Å²) in [6.07, 6.45) is 3.30. The average Bonchev–Trinajstić information content (AvgIpc) is 2.46. The third-order valence-electron chi connectivity index (χ3n) is 2.80. The SMILES string of the molecule is Cc1ccc(C(=O)C=Cc2ccc(C#N)cc2)cc1. The Morgan fingerprint density at radius 2 is 1.68 bits per heavy atom. The van der Waals surface area contributed by atoms with Crippen LogP contribution in [0.5, 0.6) is 0 Å². The Balaban J connectivity index is 2.11. The van der Waals surface area contributed by atoms with Crippen LogP contribution in [0.2, 0.25) is 0 Å². The van der Waals surface area contributed by atoms with Crippen LogP contribution in [0.15, 0.2) is 54.6 Å². The van der Waals surface area contributed by atoms with Gasteiger partial charge in [0.25, 0.3) is 0 Å². The maximum absolute atomic E-state index is 11.9. The summed E-state index contributed by atoms with van der Waals surface area (Å²) < 4.78 is 0. The van der Waals surface area contributed by atoms with Gasteiger partial charge in [0, 0.05) is 5.56 Å². The van der Waals surface area contributed by atoms with Gasteiger partial charge in [-0.05, 0) is 30.7 Å². The third-order valence-corrected chi connectivity index (χ3v) is 2.80. The zero-order valence-corrected chi connectivity index (χ0v) is 10.6. The molecule has 2 nitrogen and oxygen atoms in total. The summed E-state index contributed by atoms with van der Waals surface area (Å²) in [6.45, 7) is 1.99. The molecule has 0 aliphatic rings. The van der Waals surface area contributed by atoms with Gasteiger partial charge in [-0.25, -0.2) is 0 Å². The second kappa shape index (κ2) is 5.79. The number of carbonyl (C=O) groups excluding carboxylic acids is 1. The van der Waals surface area contributed by atoms with Crippen molar-refractivity contribution in [3.8, 4) is 6.07 Å². The van der Waals surface area contributed by atoms with Crippen LogP contribution in [0.3, 0.4) is 0 Å². The second-order valence-corrected chi connectivity index (χ2v) is 4.30. The molecule has 0 N–H and O–H groups in total. The Bertz CT molecular complexity index is 643. The zero-order chi connectivity index (χ0) is 13.7. The third kappa shape index (κ3) is 3.40. The number of ketones is 1. The summed E-state index contributed by atoms with van der Waals surface area (Å²) in [7, 11) is 0. The molecule has 2 heteroatoms. The van der Waals surface area contributed by atoms with Gasteiger partial charge in [0.1, 0.15) is 0 Å². The Morgan fingerprint density at radius 3 is 2.26 bits per heavy atom. The molecule has 0 saturated carbocycles. The van der Waals surface area contributed by atoms with Crippen molar-refractivity contribution in [1.82, 2.24) is 0 Å². The smallest absolute Gasteiger partial charge is 0.185 e. The lowest BCUT2D eigenvalue weighted by Crippen LogP contribution is -1.93. The summed E-state index contributed by atoms with van der Waals surface area (Å²) in [6, 6.07) is 16.6. The molecule has 2 rings (SSSR count). The van der Waals surface area contributed by atoms with Crippen molar-refractivity contribution >= 4 is 11.9 Å². The quantitative estimate of drug-likeness (QED) is 0.612. The van der Waals surface area contributed by atoms with Gasteiger partial charge in [0.05, 0.1) is 11.6 Å². The van der Waals surface area contributed by atoms with E-state index in [0.717, 1.165) is 11.1 Å². The molecule has 2 aromatic carbocycles. The molecule has 0 spiro atoms. The highest BCUT2D eigenvalue weighted by molar-refractivity contribution is 6.06. The number of rotatable bonds is 3. The highest BCUT2D eigenvalue weighted by Crippen LogP contribution is 2.08. The highest BCUT2D eigenvalue weighted by atomic mass is 16.1. The molecule has 0 heterocycles. The van der Waals surface area contributed by atoms with Gasteiger partial charge in [-0.15, -0.1) is 0 Å². The highest BCUT2D eigenvalue weighted by Gasteiger charge is 2.00. The summed E-state index contributed by atoms with van der Waals surface area (Å²) in [4.78, 5) is 11.9. The van der Waals surface area contributed by atoms with Gasteiger partial charge in [-0.2, -0.15) is 5.26 Å². The first-order chi connectivity index (χ1) is 9.19. The van der Waals surface area contributed by atoms with Gasteiger partial charge in [0.15, 0.2) is 5.78 Å². The van der Waals surface area contributed by atoms with Crippen LogP contribution in [0.25, 0.3) is 6.08 Å². The van der Waals surface area contributed by atoms with Crippen LogP contribution in [-0.2, 0) is 0 Å². The number of hydrogen-bond donors (Lipinski definition) is 0. The van der Waals surface area contributed by atoms with Gasteiger partial charge >= 0.3 is 0 Å². The van der Waals surface area contributed by atoms with E-state index in [4.69, 9.17) is 5.26 Å². The lowest BCUT2D eigenvalue weighted by atomic mass is 10.1. The first-order valence-corrected chi connectivity index (χ1v) is 5.98. The van der Waals surface area contributed by atoms with Crippen LogP contribution in [-0.4, -0.2) is 5.78 Å². The van der Waals surface area contributed by atoms with Gasteiger partial charge in [-0.1, -0.05) is 48.0 Å². The Labute approximate surface area is 112 Å². The molecule has 0 radical (unpaired) electrons. The molecule has 0 aliphatic carbocycles. The number of carbonyl (C=O) groups is 1. The largest absolute Gasteiger partial charge is 0.289 e. The molecule has 0 fully saturated rings. The van der Waals surface area contributed by atoms with Crippen LogP contribution in [0, 0.1) is 18.3 Å². The molecule has 19 heavy (non-hydrogen) atoms. The molecule has 0 unspecified atom stereocenters. The number of hydrogen-bond acceptors (Lipinski definition) is 2. The predicted octanol–water partition coefficient (Wildman–Crippen LogP) is 3.76. The lowest BCUT2D eigenvalue weighted by molar-refractivity contribution is 0.104. The van der Waals surface area contributed by atoms with Crippen molar-refractivity contribution in [3.05, 3.63) is 76.9 Å². The summed E-state index contributed by atoms with van der Waals surface area (Å²) in [5, 5.41) is 8.70. The Morgan fingerprint density at radius 1 is 1.05 bits per heavy atom. The first-order valence-electron chi connectivity index (χ1n) is 5.98. The maximum Gasteiger partial charge on any atom is 0.185 e. The molecular weight excluding hydrogens is 234 g/mol. The molecule has 2 aromatic rings. The van der Waals surface area contributed by atoms with E-state index in [0.29, 0.717) is 11.1 Å². The van der Waals surface area contributed by atoms with Gasteiger partial charge in [0.2, 0.25) is 0 Å². The molecule has 0 amide bonds. The number of aryl methyl sites for hydroxylation is 1. The van der Waals surface area contributed by atoms with Crippen LogP contribution < -0.4 is 0 Å². The van der Waals surface area contributed by atoms with E-state index in [-0.39, 0.29) is 5.78 Å². The Hall–Kier alpha value is -2.66. The fraction of sp³-hybridized carbons (Fsp3) is 0.0588. The van der Waals surface area contributed by atoms with Crippen molar-refractivity contribution in [3.63, 3.8) is 0 Å². The van der Waals surface area contributed by atoms with Crippen molar-refractivity contribution in [2.24, 2.45) is 0 Å². The van der Waals surface area contributed by atoms with E-state index >= 15 is 0 Å². The Kier molecular flexibility index (Phi) is 3.90. The zero-order valence-electron chi connectivity index (χ0n) is 10.6. The molecule has 0 aromatic heterocycles. The normalized spacial score (nSPS) is 10.3. The molecule has 0 atom stereocenters. The number of allylic oxidation sites excluding steroid dienone is 1. The fourth-order valence-corrected chi connectivity index (χ4v) is 1.65. The molecule has 0 aliphatic heterocycles. The second-order valence-electron chi connectivity index (χ2n) is 4.30. The topological polar surface area (TPSA) is 40.9 Å². The van der Waals surface area contributed by atoms with Crippen molar-refractivity contribution < 1.29 is 4.79 Å². The summed E-state index contributed by atoms with van der Waals surface area (Å²) in [5.41, 5.74) is 3.32. The van der Waals surface area contributed by atoms with E-state index in [9.17, 15) is 4.79 Å². The number of nitriles is 1. The van der Waals surface area contributed by atoms with E-state index in [1.807, 2.05) is 43.3 Å². The van der Waals surface area contributed by atoms with Crippen LogP contribution in [0.1, 0.15) is 27.0 Å². The molecule has 92 valence electrons. The van der Waals surface area contributed by atoms with Gasteiger partial charge < -0.3 is 0 Å². The van der Waals surface area contributed by atoms with E-state index in [1.165, 1.54) is 0 Å². The average molecular weight is 247 g/mol. The molecule has 0 bridgehead atoms. The molecular formula is C17H13NO. The standard InChI is InChI=1S/C17H13NO/c1-13-2-9-16(10-3-13)17(19)11-8-14-4-6-15(12-18)7-5-14/h2-11H,1H3. The molecule has 0 saturated heterocycles. The number of nitrogens with zero attached hydrogens (tertiary/aromatic N) is 1. The first kappa shape index (κ1) is 12.8. The predicted molar refractivity (Wildman–Crippen MR) is 75.7 cm³/mol. The summed E-state index contributed by atoms with van der Waals surface area (Å²) in [5.74, 6) is -0.0237. The minimum Gasteiger partial charge on any atom is -0.289 e. The lowest BCUT2D eigenvalue weighted by Gasteiger charge is -1.97. The number of benzene rings is 2. The van der Waals surface area contributed by atoms with E-state index in [2.05, 4.69) is 6.07 Å². The van der Waals surface area contributed by atoms with Crippen LogP contribution >= 0.6 is 0 Å². The van der Waals surface area contributed by atoms with Crippen molar-refractivity contribution in [2.45, 2.75) is 6.92 Å². The maximum atomic E-state index is 11.9. The minimum atomic E-state index is -0.0237. The van der Waals surface area contributed by atoms with Crippen LogP contribution in [0.4, 0.5) is 0 Å².